The quantitative estimate of drug-likeness (QED) is 0.279. The third-order valence-corrected chi connectivity index (χ3v) is 15.4. The molecule has 11 heteroatoms. The van der Waals surface area contributed by atoms with Crippen molar-refractivity contribution in [3.63, 3.8) is 0 Å². The first kappa shape index (κ1) is 38.2. The van der Waals surface area contributed by atoms with E-state index < -0.39 is 29.7 Å². The fraction of sp³-hybridized carbons (Fsp3) is 0.521. The van der Waals surface area contributed by atoms with Gasteiger partial charge in [-0.25, -0.2) is 0 Å². The molecule has 1 saturated carbocycles. The zero-order chi connectivity index (χ0) is 40.4. The number of aromatic hydroxyl groups is 1. The lowest BCUT2D eigenvalue weighted by molar-refractivity contribution is -0.137. The first-order chi connectivity index (χ1) is 28.6. The maximum atomic E-state index is 13.6. The summed E-state index contributed by atoms with van der Waals surface area (Å²) in [5.74, 6) is 0.282. The molecule has 7 aliphatic rings. The van der Waals surface area contributed by atoms with Crippen LogP contribution in [0.2, 0.25) is 0 Å². The molecule has 10 rings (SSSR count). The van der Waals surface area contributed by atoms with E-state index >= 15 is 0 Å². The van der Waals surface area contributed by atoms with Gasteiger partial charge in [-0.2, -0.15) is 0 Å². The van der Waals surface area contributed by atoms with Crippen LogP contribution in [0.15, 0.2) is 54.6 Å². The van der Waals surface area contributed by atoms with E-state index in [0.717, 1.165) is 80.2 Å². The van der Waals surface area contributed by atoms with Crippen LogP contribution in [-0.2, 0) is 33.9 Å². The molecular weight excluding hydrogens is 743 g/mol. The summed E-state index contributed by atoms with van der Waals surface area (Å²) in [7, 11) is 0. The first-order valence-corrected chi connectivity index (χ1v) is 22.2. The van der Waals surface area contributed by atoms with Crippen LogP contribution in [0.25, 0.3) is 0 Å². The second-order valence-corrected chi connectivity index (χ2v) is 18.7. The van der Waals surface area contributed by atoms with Gasteiger partial charge in [0.1, 0.15) is 11.8 Å². The normalized spacial score (nSPS) is 25.9. The van der Waals surface area contributed by atoms with Crippen molar-refractivity contribution in [1.29, 1.82) is 0 Å². The molecule has 3 saturated heterocycles. The second kappa shape index (κ2) is 15.2. The van der Waals surface area contributed by atoms with Crippen LogP contribution in [0.3, 0.4) is 0 Å². The molecule has 1 unspecified atom stereocenters. The monoisotopic (exact) mass is 797 g/mol. The van der Waals surface area contributed by atoms with Gasteiger partial charge in [-0.1, -0.05) is 50.3 Å². The van der Waals surface area contributed by atoms with Crippen molar-refractivity contribution in [2.45, 2.75) is 109 Å². The smallest absolute Gasteiger partial charge is 0.262 e. The van der Waals surface area contributed by atoms with E-state index in [2.05, 4.69) is 45.4 Å². The molecule has 3 aromatic carbocycles. The molecule has 2 aliphatic carbocycles. The highest BCUT2D eigenvalue weighted by Crippen LogP contribution is 2.49. The number of fused-ring (bicyclic) bond motifs is 3. The maximum Gasteiger partial charge on any atom is 0.262 e. The molecule has 11 nitrogen and oxygen atoms in total. The van der Waals surface area contributed by atoms with E-state index in [4.69, 9.17) is 0 Å². The summed E-state index contributed by atoms with van der Waals surface area (Å²) in [6, 6.07) is 18.0. The predicted molar refractivity (Wildman–Crippen MR) is 222 cm³/mol. The zero-order valence-corrected chi connectivity index (χ0v) is 33.9. The molecule has 3 aromatic rings. The minimum atomic E-state index is -0.985. The van der Waals surface area contributed by atoms with Crippen molar-refractivity contribution >= 4 is 35.2 Å². The number of amides is 5. The fourth-order valence-corrected chi connectivity index (χ4v) is 12.0. The van der Waals surface area contributed by atoms with Gasteiger partial charge in [0.05, 0.1) is 17.7 Å². The molecule has 1 spiro atoms. The Morgan fingerprint density at radius 3 is 2.05 bits per heavy atom. The molecule has 2 N–H and O–H groups in total. The molecule has 0 aromatic heterocycles. The number of carbonyl (C=O) groups excluding carboxylic acids is 5. The van der Waals surface area contributed by atoms with E-state index in [1.807, 2.05) is 17.0 Å². The summed E-state index contributed by atoms with van der Waals surface area (Å²) in [5.41, 5.74) is 8.10. The average molecular weight is 798 g/mol. The van der Waals surface area contributed by atoms with Crippen molar-refractivity contribution in [3.8, 4) is 5.75 Å². The minimum absolute atomic E-state index is 0.0847. The number of piperidine rings is 3. The number of hydrogen-bond donors (Lipinski definition) is 2. The number of phenols is 1. The summed E-state index contributed by atoms with van der Waals surface area (Å²) < 4.78 is 0. The Hall–Kier alpha value is -5.03. The largest absolute Gasteiger partial charge is 0.508 e. The summed E-state index contributed by atoms with van der Waals surface area (Å²) in [5, 5.41) is 12.5. The number of benzene rings is 3. The number of likely N-dealkylation sites (tertiary alicyclic amines) is 1. The molecule has 5 amide bonds. The molecule has 59 heavy (non-hydrogen) atoms. The van der Waals surface area contributed by atoms with Crippen LogP contribution in [0.4, 0.5) is 5.69 Å². The summed E-state index contributed by atoms with van der Waals surface area (Å²) >= 11 is 0. The molecule has 308 valence electrons. The zero-order valence-electron chi connectivity index (χ0n) is 33.9. The van der Waals surface area contributed by atoms with Gasteiger partial charge < -0.3 is 14.9 Å². The van der Waals surface area contributed by atoms with Crippen molar-refractivity contribution in [1.82, 2.24) is 20.0 Å². The number of nitrogens with one attached hydrogen (secondary N) is 1. The Bertz CT molecular complexity index is 2150. The van der Waals surface area contributed by atoms with Crippen molar-refractivity contribution in [2.24, 2.45) is 17.3 Å². The van der Waals surface area contributed by atoms with Gasteiger partial charge in [0.2, 0.25) is 17.7 Å². The fourth-order valence-electron chi connectivity index (χ4n) is 12.0. The lowest BCUT2D eigenvalue weighted by atomic mass is 9.64. The summed E-state index contributed by atoms with van der Waals surface area (Å²) in [6.07, 6.45) is 13.5. The number of aryl methyl sites for hydroxylation is 1. The number of carbonyl (C=O) groups is 5. The minimum Gasteiger partial charge on any atom is -0.508 e. The summed E-state index contributed by atoms with van der Waals surface area (Å²) in [6.45, 7) is 4.91. The third kappa shape index (κ3) is 7.02. The highest BCUT2D eigenvalue weighted by atomic mass is 16.3. The van der Waals surface area contributed by atoms with E-state index in [-0.39, 0.29) is 41.8 Å². The van der Waals surface area contributed by atoms with Gasteiger partial charge in [0.25, 0.3) is 11.8 Å². The predicted octanol–water partition coefficient (Wildman–Crippen LogP) is 6.29. The molecule has 0 bridgehead atoms. The van der Waals surface area contributed by atoms with Crippen LogP contribution in [-0.4, -0.2) is 88.1 Å². The lowest BCUT2D eigenvalue weighted by Gasteiger charge is -2.47. The SMILES string of the molecule is O=C1CCC(N2C(=O)c3cc4c(cc3C2=O)CN(CC(=O)N2CCC3(CC2)CCN(c2ccc([C@@H]5c6ccc(O)cc6CC[C@@H]5C5CCCCC5)cc2)CC3)C4)C(=O)N1. The van der Waals surface area contributed by atoms with Gasteiger partial charge in [0.15, 0.2) is 0 Å². The van der Waals surface area contributed by atoms with E-state index in [1.54, 1.807) is 12.1 Å². The molecule has 5 aliphatic heterocycles. The van der Waals surface area contributed by atoms with Gasteiger partial charge in [-0.15, -0.1) is 0 Å². The lowest BCUT2D eigenvalue weighted by Crippen LogP contribution is -2.54. The van der Waals surface area contributed by atoms with Crippen LogP contribution < -0.4 is 10.2 Å². The number of imide groups is 2. The number of nitrogens with zero attached hydrogens (tertiary/aromatic N) is 4. The highest BCUT2D eigenvalue weighted by molar-refractivity contribution is 6.23. The van der Waals surface area contributed by atoms with Crippen LogP contribution in [0.5, 0.6) is 5.75 Å². The number of anilines is 1. The Kier molecular flexibility index (Phi) is 9.85. The van der Waals surface area contributed by atoms with Gasteiger partial charge in [-0.05, 0) is 126 Å². The third-order valence-electron chi connectivity index (χ3n) is 15.4. The standard InChI is InChI=1S/C48H55N5O6/c54-36-11-13-38-32(24-36)8-12-37(30-4-2-1-3-5-30)44(38)31-6-9-35(10-7-31)51-20-16-48(17-21-51)18-22-52(23-19-48)43(56)29-50-27-33-25-39-40(26-34(33)28-50)47(59)53(46(39)58)41-14-15-42(55)49-45(41)57/h6-7,9-11,13,24-26,30,37,41,44,54H,1-5,8,12,14-23,27-29H2,(H,49,55,57)/t37-,41?,44+/m1/s1. The van der Waals surface area contributed by atoms with Crippen molar-refractivity contribution in [3.05, 3.63) is 93.5 Å². The highest BCUT2D eigenvalue weighted by Gasteiger charge is 2.46. The van der Waals surface area contributed by atoms with Crippen LogP contribution >= 0.6 is 0 Å². The van der Waals surface area contributed by atoms with Gasteiger partial charge in [0, 0.05) is 57.3 Å². The Morgan fingerprint density at radius 2 is 1.39 bits per heavy atom. The number of phenolic OH excluding ortho intramolecular Hbond substituents is 1. The van der Waals surface area contributed by atoms with E-state index in [1.165, 1.54) is 60.9 Å². The van der Waals surface area contributed by atoms with Crippen LogP contribution in [0.1, 0.15) is 132 Å². The van der Waals surface area contributed by atoms with Crippen molar-refractivity contribution < 1.29 is 29.1 Å². The molecule has 4 fully saturated rings. The molecular formula is C48H55N5O6. The first-order valence-electron chi connectivity index (χ1n) is 22.2. The van der Waals surface area contributed by atoms with Gasteiger partial charge >= 0.3 is 0 Å². The Morgan fingerprint density at radius 1 is 0.729 bits per heavy atom. The average Bonchev–Trinajstić information content (AvgIpc) is 3.75. The Balaban J connectivity index is 0.726. The van der Waals surface area contributed by atoms with Gasteiger partial charge in [-0.3, -0.25) is 39.1 Å². The topological polar surface area (TPSA) is 131 Å². The maximum absolute atomic E-state index is 13.6. The van der Waals surface area contributed by atoms with Crippen molar-refractivity contribution in [2.75, 3.05) is 37.6 Å². The summed E-state index contributed by atoms with van der Waals surface area (Å²) in [4.78, 5) is 72.1. The van der Waals surface area contributed by atoms with Crippen LogP contribution in [0, 0.1) is 17.3 Å². The molecule has 5 heterocycles. The molecule has 0 radical (unpaired) electrons. The molecule has 3 atom stereocenters. The Labute approximate surface area is 346 Å². The van der Waals surface area contributed by atoms with E-state index in [9.17, 15) is 29.1 Å². The number of hydrogen-bond acceptors (Lipinski definition) is 8. The van der Waals surface area contributed by atoms with E-state index in [0.29, 0.717) is 30.7 Å². The number of rotatable bonds is 6. The second-order valence-electron chi connectivity index (χ2n) is 18.7.